The number of aromatic nitrogens is 3. The largest absolute Gasteiger partial charge is 0.343 e. The van der Waals surface area contributed by atoms with Gasteiger partial charge in [0.15, 0.2) is 5.16 Å². The van der Waals surface area contributed by atoms with Crippen LogP contribution in [-0.4, -0.2) is 43.9 Å². The van der Waals surface area contributed by atoms with Gasteiger partial charge in [-0.2, -0.15) is 0 Å². The molecule has 3 rings (SSSR count). The highest BCUT2D eigenvalue weighted by Gasteiger charge is 2.29. The Morgan fingerprint density at radius 3 is 2.59 bits per heavy atom. The number of benzene rings is 1. The van der Waals surface area contributed by atoms with Gasteiger partial charge in [-0.3, -0.25) is 9.36 Å². The summed E-state index contributed by atoms with van der Waals surface area (Å²) in [5.41, 5.74) is 0.940. The van der Waals surface area contributed by atoms with Crippen LogP contribution in [-0.2, 0) is 17.8 Å². The first-order valence-electron chi connectivity index (χ1n) is 9.58. The Morgan fingerprint density at radius 1 is 1.26 bits per heavy atom. The lowest BCUT2D eigenvalue weighted by Gasteiger charge is -2.36. The van der Waals surface area contributed by atoms with Crippen LogP contribution in [0.15, 0.2) is 40.3 Å². The molecule has 1 aliphatic rings. The van der Waals surface area contributed by atoms with E-state index < -0.39 is 0 Å². The molecule has 1 saturated heterocycles. The van der Waals surface area contributed by atoms with Crippen molar-refractivity contribution in [2.45, 2.75) is 50.6 Å². The maximum Gasteiger partial charge on any atom is 0.343 e. The molecule has 1 fully saturated rings. The van der Waals surface area contributed by atoms with Crippen molar-refractivity contribution in [1.29, 1.82) is 0 Å². The number of aromatic amines is 1. The summed E-state index contributed by atoms with van der Waals surface area (Å²) in [6.45, 7) is 8.47. The smallest absolute Gasteiger partial charge is 0.341 e. The van der Waals surface area contributed by atoms with Crippen molar-refractivity contribution < 1.29 is 4.79 Å². The normalized spacial score (nSPS) is 21.2. The average Bonchev–Trinajstić information content (AvgIpc) is 2.99. The maximum absolute atomic E-state index is 12.9. The Hall–Kier alpha value is -2.02. The summed E-state index contributed by atoms with van der Waals surface area (Å²) in [6.07, 6.45) is 1.92. The van der Waals surface area contributed by atoms with Gasteiger partial charge in [0, 0.05) is 19.6 Å². The standard InChI is InChI=1S/C20H28N4O2S/c1-14-11-15(2)13-23(12-14)18(25)16(3)27-20-22-21-19(26)24(20)10-9-17-7-5-4-6-8-17/h4-8,14-16H,9-13H2,1-3H3,(H,21,26). The third-order valence-electron chi connectivity index (χ3n) is 5.00. The van der Waals surface area contributed by atoms with Gasteiger partial charge >= 0.3 is 5.69 Å². The van der Waals surface area contributed by atoms with E-state index in [0.29, 0.717) is 23.5 Å². The number of rotatable bonds is 6. The highest BCUT2D eigenvalue weighted by molar-refractivity contribution is 8.00. The highest BCUT2D eigenvalue weighted by atomic mass is 32.2. The van der Waals surface area contributed by atoms with E-state index in [-0.39, 0.29) is 16.8 Å². The van der Waals surface area contributed by atoms with Crippen molar-refractivity contribution >= 4 is 17.7 Å². The predicted molar refractivity (Wildman–Crippen MR) is 108 cm³/mol. The van der Waals surface area contributed by atoms with Crippen LogP contribution in [0.5, 0.6) is 0 Å². The lowest BCUT2D eigenvalue weighted by atomic mass is 9.92. The summed E-state index contributed by atoms with van der Waals surface area (Å²) in [4.78, 5) is 27.0. The average molecular weight is 389 g/mol. The molecule has 0 saturated carbocycles. The van der Waals surface area contributed by atoms with Gasteiger partial charge in [-0.05, 0) is 37.2 Å². The molecule has 2 heterocycles. The highest BCUT2D eigenvalue weighted by Crippen LogP contribution is 2.26. The number of nitrogens with zero attached hydrogens (tertiary/aromatic N) is 3. The molecule has 3 atom stereocenters. The maximum atomic E-state index is 12.9. The quantitative estimate of drug-likeness (QED) is 0.773. The van der Waals surface area contributed by atoms with Crippen molar-refractivity contribution in [3.8, 4) is 0 Å². The molecule has 0 radical (unpaired) electrons. The number of aryl methyl sites for hydroxylation is 1. The van der Waals surface area contributed by atoms with Crippen molar-refractivity contribution in [2.75, 3.05) is 13.1 Å². The number of amides is 1. The molecule has 1 amide bonds. The van der Waals surface area contributed by atoms with Crippen LogP contribution in [0.1, 0.15) is 32.8 Å². The first kappa shape index (κ1) is 19.7. The van der Waals surface area contributed by atoms with E-state index in [4.69, 9.17) is 0 Å². The summed E-state index contributed by atoms with van der Waals surface area (Å²) in [5.74, 6) is 1.19. The fourth-order valence-electron chi connectivity index (χ4n) is 3.78. The zero-order valence-electron chi connectivity index (χ0n) is 16.2. The Morgan fingerprint density at radius 2 is 1.93 bits per heavy atom. The zero-order valence-corrected chi connectivity index (χ0v) is 17.0. The predicted octanol–water partition coefficient (Wildman–Crippen LogP) is 2.80. The summed E-state index contributed by atoms with van der Waals surface area (Å²) < 4.78 is 1.63. The van der Waals surface area contributed by atoms with Crippen molar-refractivity contribution in [2.24, 2.45) is 11.8 Å². The first-order chi connectivity index (χ1) is 12.9. The number of thioether (sulfide) groups is 1. The summed E-state index contributed by atoms with van der Waals surface area (Å²) in [7, 11) is 0. The van der Waals surface area contributed by atoms with E-state index in [1.54, 1.807) is 4.57 Å². The van der Waals surface area contributed by atoms with E-state index >= 15 is 0 Å². The molecule has 0 aliphatic carbocycles. The Kier molecular flexibility index (Phi) is 6.42. The van der Waals surface area contributed by atoms with Gasteiger partial charge in [-0.15, -0.1) is 5.10 Å². The van der Waals surface area contributed by atoms with Crippen LogP contribution in [0.25, 0.3) is 0 Å². The van der Waals surface area contributed by atoms with Crippen LogP contribution in [0.4, 0.5) is 0 Å². The molecule has 1 aliphatic heterocycles. The van der Waals surface area contributed by atoms with Gasteiger partial charge in [-0.25, -0.2) is 9.89 Å². The van der Waals surface area contributed by atoms with Crippen LogP contribution in [0.3, 0.4) is 0 Å². The van der Waals surface area contributed by atoms with Crippen LogP contribution >= 0.6 is 11.8 Å². The van der Waals surface area contributed by atoms with Crippen molar-refractivity contribution in [3.05, 3.63) is 46.4 Å². The van der Waals surface area contributed by atoms with Gasteiger partial charge < -0.3 is 4.90 Å². The molecule has 0 spiro atoms. The number of hydrogen-bond donors (Lipinski definition) is 1. The van der Waals surface area contributed by atoms with E-state index in [1.165, 1.54) is 23.7 Å². The SMILES string of the molecule is CC1CC(C)CN(C(=O)C(C)Sc2n[nH]c(=O)n2CCc2ccccc2)C1. The van der Waals surface area contributed by atoms with Crippen LogP contribution < -0.4 is 5.69 Å². The lowest BCUT2D eigenvalue weighted by molar-refractivity contribution is -0.132. The van der Waals surface area contributed by atoms with E-state index in [2.05, 4.69) is 24.0 Å². The molecule has 2 aromatic rings. The second-order valence-electron chi connectivity index (χ2n) is 7.65. The number of nitrogens with one attached hydrogen (secondary N) is 1. The minimum absolute atomic E-state index is 0.128. The van der Waals surface area contributed by atoms with E-state index in [1.807, 2.05) is 42.2 Å². The molecule has 0 bridgehead atoms. The van der Waals surface area contributed by atoms with E-state index in [9.17, 15) is 9.59 Å². The molecular formula is C20H28N4O2S. The third-order valence-corrected chi connectivity index (χ3v) is 6.08. The fourth-order valence-corrected chi connectivity index (χ4v) is 4.75. The molecule has 1 N–H and O–H groups in total. The molecule has 27 heavy (non-hydrogen) atoms. The summed E-state index contributed by atoms with van der Waals surface area (Å²) in [6, 6.07) is 10.0. The van der Waals surface area contributed by atoms with Crippen molar-refractivity contribution in [3.63, 3.8) is 0 Å². The zero-order chi connectivity index (χ0) is 19.4. The molecular weight excluding hydrogens is 360 g/mol. The molecule has 3 unspecified atom stereocenters. The van der Waals surface area contributed by atoms with Crippen molar-refractivity contribution in [1.82, 2.24) is 19.7 Å². The van der Waals surface area contributed by atoms with Gasteiger partial charge in [0.05, 0.1) is 5.25 Å². The molecule has 146 valence electrons. The Labute approximate surface area is 164 Å². The fraction of sp³-hybridized carbons (Fsp3) is 0.550. The Bertz CT molecular complexity index is 807. The molecule has 1 aromatic heterocycles. The van der Waals surface area contributed by atoms with Gasteiger partial charge in [0.1, 0.15) is 0 Å². The Balaban J connectivity index is 1.65. The number of H-pyrrole nitrogens is 1. The summed E-state index contributed by atoms with van der Waals surface area (Å²) in [5, 5.41) is 6.97. The number of likely N-dealkylation sites (tertiary alicyclic amines) is 1. The lowest BCUT2D eigenvalue weighted by Crippen LogP contribution is -2.45. The number of carbonyl (C=O) groups excluding carboxylic acids is 1. The second kappa shape index (κ2) is 8.78. The monoisotopic (exact) mass is 388 g/mol. The van der Waals surface area contributed by atoms with Crippen LogP contribution in [0.2, 0.25) is 0 Å². The minimum atomic E-state index is -0.270. The number of carbonyl (C=O) groups is 1. The molecule has 7 heteroatoms. The van der Waals surface area contributed by atoms with Gasteiger partial charge in [0.2, 0.25) is 5.91 Å². The first-order valence-corrected chi connectivity index (χ1v) is 10.5. The molecule has 1 aromatic carbocycles. The third kappa shape index (κ3) is 5.03. The minimum Gasteiger partial charge on any atom is -0.341 e. The van der Waals surface area contributed by atoms with Gasteiger partial charge in [-0.1, -0.05) is 55.9 Å². The van der Waals surface area contributed by atoms with Crippen LogP contribution in [0, 0.1) is 11.8 Å². The van der Waals surface area contributed by atoms with Gasteiger partial charge in [0.25, 0.3) is 0 Å². The molecule has 6 nitrogen and oxygen atoms in total. The number of piperidine rings is 1. The van der Waals surface area contributed by atoms with E-state index in [0.717, 1.165) is 19.5 Å². The number of hydrogen-bond acceptors (Lipinski definition) is 4. The topological polar surface area (TPSA) is 71.0 Å². The second-order valence-corrected chi connectivity index (χ2v) is 8.96. The summed E-state index contributed by atoms with van der Waals surface area (Å²) >= 11 is 1.36.